The quantitative estimate of drug-likeness (QED) is 0.578. The second-order valence-electron chi connectivity index (χ2n) is 9.19. The molecule has 0 saturated heterocycles. The van der Waals surface area contributed by atoms with Crippen molar-refractivity contribution in [1.29, 1.82) is 0 Å². The number of aryl methyl sites for hydroxylation is 1. The summed E-state index contributed by atoms with van der Waals surface area (Å²) in [5, 5.41) is 3.07. The van der Waals surface area contributed by atoms with Crippen molar-refractivity contribution in [3.63, 3.8) is 0 Å². The van der Waals surface area contributed by atoms with E-state index in [1.54, 1.807) is 24.3 Å². The minimum absolute atomic E-state index is 0.0491. The Morgan fingerprint density at radius 1 is 1.06 bits per heavy atom. The average molecular weight is 455 g/mol. The van der Waals surface area contributed by atoms with Gasteiger partial charge >= 0.3 is 0 Å². The highest BCUT2D eigenvalue weighted by molar-refractivity contribution is 7.92. The average Bonchev–Trinajstić information content (AvgIpc) is 2.83. The van der Waals surface area contributed by atoms with Crippen LogP contribution in [0.25, 0.3) is 0 Å². The van der Waals surface area contributed by atoms with Crippen molar-refractivity contribution >= 4 is 27.3 Å². The van der Waals surface area contributed by atoms with Crippen molar-refractivity contribution in [3.8, 4) is 0 Å². The van der Waals surface area contributed by atoms with Crippen LogP contribution in [0.2, 0.25) is 0 Å². The molecule has 2 aromatic rings. The monoisotopic (exact) mass is 454 g/mol. The third-order valence-corrected chi connectivity index (χ3v) is 8.77. The van der Waals surface area contributed by atoms with Crippen LogP contribution < -0.4 is 9.62 Å². The third-order valence-electron chi connectivity index (χ3n) is 6.94. The molecule has 1 aliphatic heterocycles. The zero-order valence-electron chi connectivity index (χ0n) is 18.9. The van der Waals surface area contributed by atoms with Crippen LogP contribution in [0, 0.1) is 11.8 Å². The highest BCUT2D eigenvalue weighted by Gasteiger charge is 2.30. The zero-order chi connectivity index (χ0) is 22.6. The van der Waals surface area contributed by atoms with Crippen molar-refractivity contribution in [2.45, 2.75) is 69.6 Å². The van der Waals surface area contributed by atoms with Crippen LogP contribution in [0.15, 0.2) is 53.4 Å². The van der Waals surface area contributed by atoms with Gasteiger partial charge in [-0.2, -0.15) is 0 Å². The number of carbonyl (C=O) groups excluding carboxylic acids is 1. The summed E-state index contributed by atoms with van der Waals surface area (Å²) in [5.74, 6) is 0.875. The summed E-state index contributed by atoms with van der Waals surface area (Å²) in [6.07, 6.45) is 9.56. The third kappa shape index (κ3) is 5.01. The van der Waals surface area contributed by atoms with Crippen molar-refractivity contribution in [2.75, 3.05) is 16.2 Å². The van der Waals surface area contributed by atoms with Crippen LogP contribution >= 0.6 is 0 Å². The molecule has 1 heterocycles. The topological polar surface area (TPSA) is 66.5 Å². The van der Waals surface area contributed by atoms with Crippen molar-refractivity contribution in [3.05, 3.63) is 54.1 Å². The molecule has 2 aromatic carbocycles. The molecule has 1 fully saturated rings. The van der Waals surface area contributed by atoms with Crippen LogP contribution in [-0.4, -0.2) is 20.9 Å². The Bertz CT molecular complexity index is 1030. The molecule has 0 spiro atoms. The number of benzene rings is 2. The Morgan fingerprint density at radius 3 is 2.53 bits per heavy atom. The molecule has 5 nitrogen and oxygen atoms in total. The van der Waals surface area contributed by atoms with Crippen LogP contribution in [-0.2, 0) is 21.2 Å². The molecule has 172 valence electrons. The van der Waals surface area contributed by atoms with Gasteiger partial charge in [-0.25, -0.2) is 8.42 Å². The lowest BCUT2D eigenvalue weighted by atomic mass is 9.79. The molecule has 4 rings (SSSR count). The lowest BCUT2D eigenvalue weighted by Crippen LogP contribution is -2.35. The first-order valence-electron chi connectivity index (χ1n) is 12.0. The largest absolute Gasteiger partial charge is 0.326 e. The maximum absolute atomic E-state index is 13.3. The maximum Gasteiger partial charge on any atom is 0.264 e. The summed E-state index contributed by atoms with van der Waals surface area (Å²) in [5.41, 5.74) is 2.36. The number of amides is 1. The summed E-state index contributed by atoms with van der Waals surface area (Å²) in [7, 11) is -3.63. The van der Waals surface area contributed by atoms with E-state index in [0.717, 1.165) is 50.0 Å². The van der Waals surface area contributed by atoms with E-state index in [1.807, 2.05) is 24.3 Å². The molecule has 6 heteroatoms. The predicted octanol–water partition coefficient (Wildman–Crippen LogP) is 5.76. The number of anilines is 2. The number of hydrogen-bond donors (Lipinski definition) is 1. The van der Waals surface area contributed by atoms with E-state index < -0.39 is 10.0 Å². The number of nitrogens with one attached hydrogen (secondary N) is 1. The van der Waals surface area contributed by atoms with Gasteiger partial charge in [0.05, 0.1) is 10.6 Å². The number of unbranched alkanes of at least 4 members (excludes halogenated alkanes) is 1. The molecule has 1 amide bonds. The van der Waals surface area contributed by atoms with Crippen molar-refractivity contribution in [2.24, 2.45) is 11.8 Å². The lowest BCUT2D eigenvalue weighted by molar-refractivity contribution is -0.121. The van der Waals surface area contributed by atoms with Gasteiger partial charge in [0.15, 0.2) is 0 Å². The van der Waals surface area contributed by atoms with Crippen LogP contribution in [0.3, 0.4) is 0 Å². The summed E-state index contributed by atoms with van der Waals surface area (Å²) in [4.78, 5) is 13.2. The van der Waals surface area contributed by atoms with Crippen molar-refractivity contribution < 1.29 is 13.2 Å². The Morgan fingerprint density at radius 2 is 1.81 bits per heavy atom. The zero-order valence-corrected chi connectivity index (χ0v) is 19.7. The Kier molecular flexibility index (Phi) is 7.19. The van der Waals surface area contributed by atoms with Crippen LogP contribution in [0.1, 0.15) is 63.9 Å². The van der Waals surface area contributed by atoms with Gasteiger partial charge in [0, 0.05) is 18.2 Å². The summed E-state index contributed by atoms with van der Waals surface area (Å²) in [6, 6.07) is 14.3. The van der Waals surface area contributed by atoms with Gasteiger partial charge < -0.3 is 5.32 Å². The van der Waals surface area contributed by atoms with Gasteiger partial charge in [0.2, 0.25) is 5.91 Å². The number of carbonyl (C=O) groups is 1. The minimum Gasteiger partial charge on any atom is -0.326 e. The Balaban J connectivity index is 1.47. The molecule has 0 radical (unpaired) electrons. The van der Waals surface area contributed by atoms with Gasteiger partial charge in [-0.1, -0.05) is 50.5 Å². The highest BCUT2D eigenvalue weighted by Crippen LogP contribution is 2.36. The van der Waals surface area contributed by atoms with E-state index in [-0.39, 0.29) is 11.8 Å². The molecule has 0 atom stereocenters. The first-order valence-corrected chi connectivity index (χ1v) is 13.4. The van der Waals surface area contributed by atoms with Crippen LogP contribution in [0.5, 0.6) is 0 Å². The fourth-order valence-electron chi connectivity index (χ4n) is 5.04. The maximum atomic E-state index is 13.3. The number of nitrogens with zero attached hydrogens (tertiary/aromatic N) is 1. The number of rotatable bonds is 7. The summed E-state index contributed by atoms with van der Waals surface area (Å²) >= 11 is 0. The molecular weight excluding hydrogens is 420 g/mol. The van der Waals surface area contributed by atoms with Gasteiger partial charge in [-0.05, 0) is 74.3 Å². The van der Waals surface area contributed by atoms with E-state index in [9.17, 15) is 13.2 Å². The van der Waals surface area contributed by atoms with Gasteiger partial charge in [-0.15, -0.1) is 0 Å². The summed E-state index contributed by atoms with van der Waals surface area (Å²) in [6.45, 7) is 2.67. The molecule has 1 aliphatic carbocycles. The van der Waals surface area contributed by atoms with E-state index in [1.165, 1.54) is 23.6 Å². The minimum atomic E-state index is -3.63. The number of sulfonamides is 1. The fraction of sp³-hybridized carbons (Fsp3) is 0.500. The molecule has 32 heavy (non-hydrogen) atoms. The van der Waals surface area contributed by atoms with E-state index in [4.69, 9.17) is 0 Å². The molecule has 0 aromatic heterocycles. The van der Waals surface area contributed by atoms with E-state index >= 15 is 0 Å². The van der Waals surface area contributed by atoms with Crippen LogP contribution in [0.4, 0.5) is 11.4 Å². The second kappa shape index (κ2) is 10.1. The second-order valence-corrected chi connectivity index (χ2v) is 11.0. The first kappa shape index (κ1) is 22.8. The summed E-state index contributed by atoms with van der Waals surface area (Å²) < 4.78 is 28.0. The molecule has 1 saturated carbocycles. The number of fused-ring (bicyclic) bond motifs is 1. The van der Waals surface area contributed by atoms with Gasteiger partial charge in [0.25, 0.3) is 10.0 Å². The smallest absolute Gasteiger partial charge is 0.264 e. The van der Waals surface area contributed by atoms with Crippen molar-refractivity contribution in [1.82, 2.24) is 0 Å². The van der Waals surface area contributed by atoms with Gasteiger partial charge in [-0.3, -0.25) is 9.10 Å². The first-order chi connectivity index (χ1) is 15.5. The normalized spacial score (nSPS) is 21.1. The SMILES string of the molecule is CCCCC1CCC(C(=O)Nc2ccc3c(c2)N(S(=O)(=O)c2ccccc2)CCC3)CC1. The lowest BCUT2D eigenvalue weighted by Gasteiger charge is -2.31. The fourth-order valence-corrected chi connectivity index (χ4v) is 6.59. The van der Waals surface area contributed by atoms with Gasteiger partial charge in [0.1, 0.15) is 0 Å². The predicted molar refractivity (Wildman–Crippen MR) is 129 cm³/mol. The Labute approximate surface area is 192 Å². The molecule has 0 bridgehead atoms. The standard InChI is InChI=1S/C26H34N2O3S/c1-2-3-8-20-12-14-22(15-13-20)26(29)27-23-17-16-21-9-7-18-28(25(21)19-23)32(30,31)24-10-5-4-6-11-24/h4-6,10-11,16-17,19-20,22H,2-3,7-9,12-15,18H2,1H3,(H,27,29). The molecular formula is C26H34N2O3S. The Hall–Kier alpha value is -2.34. The molecule has 1 N–H and O–H groups in total. The number of hydrogen-bond acceptors (Lipinski definition) is 3. The van der Waals surface area contributed by atoms with E-state index in [2.05, 4.69) is 12.2 Å². The molecule has 0 unspecified atom stereocenters. The molecule has 2 aliphatic rings. The highest BCUT2D eigenvalue weighted by atomic mass is 32.2. The van der Waals surface area contributed by atoms with E-state index in [0.29, 0.717) is 22.8 Å².